The molecule has 0 saturated carbocycles. The fraction of sp³-hybridized carbons (Fsp3) is 0.500. The van der Waals surface area contributed by atoms with Crippen molar-refractivity contribution in [2.75, 3.05) is 26.2 Å². The number of aryl methyl sites for hydroxylation is 1. The summed E-state index contributed by atoms with van der Waals surface area (Å²) in [5.74, 6) is -0.318. The average Bonchev–Trinajstić information content (AvgIpc) is 3.15. The number of nitrogens with zero attached hydrogens (tertiary/aromatic N) is 2. The lowest BCUT2D eigenvalue weighted by molar-refractivity contribution is -0.138. The molecule has 3 N–H and O–H groups in total. The Bertz CT molecular complexity index is 703. The molecular weight excluding hydrogens is 320 g/mol. The molecule has 2 aliphatic heterocycles. The first-order valence-corrected chi connectivity index (χ1v) is 8.54. The smallest absolute Gasteiger partial charge is 0.325 e. The maximum absolute atomic E-state index is 12.8. The van der Waals surface area contributed by atoms with E-state index in [9.17, 15) is 14.4 Å². The normalized spacial score (nSPS) is 26.3. The largest absolute Gasteiger partial charge is 0.341 e. The molecule has 0 aliphatic carbocycles. The molecule has 7 heteroatoms. The summed E-state index contributed by atoms with van der Waals surface area (Å²) in [5.41, 5.74) is 6.28. The van der Waals surface area contributed by atoms with E-state index in [4.69, 9.17) is 5.73 Å². The van der Waals surface area contributed by atoms with Crippen LogP contribution in [0.25, 0.3) is 0 Å². The van der Waals surface area contributed by atoms with E-state index >= 15 is 0 Å². The quantitative estimate of drug-likeness (QED) is 0.781. The molecule has 2 heterocycles. The summed E-state index contributed by atoms with van der Waals surface area (Å²) in [4.78, 5) is 40.3. The van der Waals surface area contributed by atoms with Gasteiger partial charge in [0, 0.05) is 13.1 Å². The Morgan fingerprint density at radius 3 is 2.60 bits per heavy atom. The van der Waals surface area contributed by atoms with E-state index in [0.29, 0.717) is 31.1 Å². The number of rotatable bonds is 4. The van der Waals surface area contributed by atoms with E-state index in [1.165, 1.54) is 0 Å². The molecule has 1 aromatic carbocycles. The van der Waals surface area contributed by atoms with E-state index in [1.54, 1.807) is 11.8 Å². The van der Waals surface area contributed by atoms with E-state index < -0.39 is 17.5 Å². The monoisotopic (exact) mass is 344 g/mol. The number of amides is 4. The van der Waals surface area contributed by atoms with Gasteiger partial charge in [0.05, 0.1) is 0 Å². The van der Waals surface area contributed by atoms with Crippen LogP contribution in [0.3, 0.4) is 0 Å². The van der Waals surface area contributed by atoms with Gasteiger partial charge in [-0.15, -0.1) is 0 Å². The maximum Gasteiger partial charge on any atom is 0.325 e. The Balaban J connectivity index is 1.73. The predicted octanol–water partition coefficient (Wildman–Crippen LogP) is 0.569. The second kappa shape index (κ2) is 6.48. The van der Waals surface area contributed by atoms with Crippen molar-refractivity contribution in [2.24, 2.45) is 11.7 Å². The fourth-order valence-electron chi connectivity index (χ4n) is 3.41. The van der Waals surface area contributed by atoms with Gasteiger partial charge in [0.15, 0.2) is 0 Å². The molecule has 2 atom stereocenters. The summed E-state index contributed by atoms with van der Waals surface area (Å²) in [7, 11) is 0. The minimum Gasteiger partial charge on any atom is -0.341 e. The van der Waals surface area contributed by atoms with Crippen molar-refractivity contribution in [1.82, 2.24) is 15.1 Å². The van der Waals surface area contributed by atoms with Gasteiger partial charge in [-0.2, -0.15) is 0 Å². The van der Waals surface area contributed by atoms with Crippen LogP contribution in [0.4, 0.5) is 4.79 Å². The number of hydrogen-bond acceptors (Lipinski definition) is 4. The molecule has 0 spiro atoms. The summed E-state index contributed by atoms with van der Waals surface area (Å²) in [5, 5.41) is 2.73. The number of nitrogens with two attached hydrogens (primary N) is 1. The van der Waals surface area contributed by atoms with Gasteiger partial charge in [-0.3, -0.25) is 14.5 Å². The van der Waals surface area contributed by atoms with Gasteiger partial charge in [0.2, 0.25) is 5.91 Å². The summed E-state index contributed by atoms with van der Waals surface area (Å²) in [6, 6.07) is 6.91. The molecule has 2 unspecified atom stereocenters. The fourth-order valence-corrected chi connectivity index (χ4v) is 3.41. The van der Waals surface area contributed by atoms with E-state index in [-0.39, 0.29) is 12.5 Å². The molecule has 0 aromatic heterocycles. The molecule has 7 nitrogen and oxygen atoms in total. The second-order valence-corrected chi connectivity index (χ2v) is 7.04. The van der Waals surface area contributed by atoms with Gasteiger partial charge in [-0.1, -0.05) is 29.8 Å². The van der Waals surface area contributed by atoms with Crippen LogP contribution >= 0.6 is 0 Å². The zero-order valence-corrected chi connectivity index (χ0v) is 14.6. The Hall–Kier alpha value is -2.41. The highest BCUT2D eigenvalue weighted by molar-refractivity contribution is 6.09. The molecule has 3 rings (SSSR count). The number of nitrogens with one attached hydrogen (secondary N) is 1. The van der Waals surface area contributed by atoms with Gasteiger partial charge in [0.1, 0.15) is 12.1 Å². The van der Waals surface area contributed by atoms with Crippen LogP contribution in [0.2, 0.25) is 0 Å². The molecule has 0 bridgehead atoms. The number of likely N-dealkylation sites (tertiary alicyclic amines) is 1. The first-order chi connectivity index (χ1) is 11.8. The van der Waals surface area contributed by atoms with Gasteiger partial charge in [0.25, 0.3) is 5.91 Å². The number of urea groups is 1. The summed E-state index contributed by atoms with van der Waals surface area (Å²) < 4.78 is 0. The Labute approximate surface area is 147 Å². The van der Waals surface area contributed by atoms with Crippen molar-refractivity contribution >= 4 is 17.8 Å². The summed E-state index contributed by atoms with van der Waals surface area (Å²) in [6.45, 7) is 5.15. The summed E-state index contributed by atoms with van der Waals surface area (Å²) in [6.07, 6.45) is 0.865. The highest BCUT2D eigenvalue weighted by Gasteiger charge is 2.49. The standard InChI is InChI=1S/C18H24N4O3/c1-12-3-5-14(6-4-12)18(2)16(24)22(17(25)20-18)11-15(23)21-8-7-13(9-19)10-21/h3-6,13H,7-11,19H2,1-2H3,(H,20,25). The molecule has 1 aromatic rings. The predicted molar refractivity (Wildman–Crippen MR) is 92.5 cm³/mol. The van der Waals surface area contributed by atoms with E-state index in [1.807, 2.05) is 31.2 Å². The lowest BCUT2D eigenvalue weighted by Crippen LogP contribution is -2.44. The van der Waals surface area contributed by atoms with Crippen LogP contribution in [0, 0.1) is 12.8 Å². The lowest BCUT2D eigenvalue weighted by Gasteiger charge is -2.23. The molecule has 2 aliphatic rings. The zero-order valence-electron chi connectivity index (χ0n) is 14.6. The summed E-state index contributed by atoms with van der Waals surface area (Å²) >= 11 is 0. The van der Waals surface area contributed by atoms with Crippen LogP contribution in [0.5, 0.6) is 0 Å². The molecule has 25 heavy (non-hydrogen) atoms. The van der Waals surface area contributed by atoms with Crippen LogP contribution in [-0.2, 0) is 15.1 Å². The maximum atomic E-state index is 12.8. The average molecular weight is 344 g/mol. The lowest BCUT2D eigenvalue weighted by atomic mass is 9.91. The first kappa shape index (κ1) is 17.4. The number of benzene rings is 1. The number of imide groups is 1. The van der Waals surface area contributed by atoms with Crippen molar-refractivity contribution in [3.8, 4) is 0 Å². The molecule has 0 radical (unpaired) electrons. The Kier molecular flexibility index (Phi) is 4.51. The SMILES string of the molecule is Cc1ccc(C2(C)NC(=O)N(CC(=O)N3CCC(CN)C3)C2=O)cc1. The van der Waals surface area contributed by atoms with Gasteiger partial charge >= 0.3 is 6.03 Å². The third-order valence-electron chi connectivity index (χ3n) is 5.17. The van der Waals surface area contributed by atoms with Crippen LogP contribution in [-0.4, -0.2) is 53.8 Å². The topological polar surface area (TPSA) is 95.7 Å². The highest BCUT2D eigenvalue weighted by Crippen LogP contribution is 2.29. The van der Waals surface area contributed by atoms with Crippen molar-refractivity contribution in [1.29, 1.82) is 0 Å². The number of carbonyl (C=O) groups is 3. The van der Waals surface area contributed by atoms with E-state index in [0.717, 1.165) is 16.9 Å². The molecule has 134 valence electrons. The first-order valence-electron chi connectivity index (χ1n) is 8.54. The van der Waals surface area contributed by atoms with Crippen molar-refractivity contribution in [3.05, 3.63) is 35.4 Å². The minimum atomic E-state index is -1.14. The molecule has 2 fully saturated rings. The molecule has 2 saturated heterocycles. The van der Waals surface area contributed by atoms with E-state index in [2.05, 4.69) is 5.32 Å². The third-order valence-corrected chi connectivity index (χ3v) is 5.17. The van der Waals surface area contributed by atoms with Gasteiger partial charge in [-0.25, -0.2) is 4.79 Å². The van der Waals surface area contributed by atoms with Crippen LogP contribution < -0.4 is 11.1 Å². The molecule has 4 amide bonds. The number of hydrogen-bond donors (Lipinski definition) is 2. The zero-order chi connectivity index (χ0) is 18.2. The van der Waals surface area contributed by atoms with Crippen molar-refractivity contribution in [2.45, 2.75) is 25.8 Å². The Morgan fingerprint density at radius 1 is 1.32 bits per heavy atom. The van der Waals surface area contributed by atoms with Gasteiger partial charge in [-0.05, 0) is 38.3 Å². The second-order valence-electron chi connectivity index (χ2n) is 7.04. The van der Waals surface area contributed by atoms with Crippen LogP contribution in [0.1, 0.15) is 24.5 Å². The molecular formula is C18H24N4O3. The minimum absolute atomic E-state index is 0.215. The van der Waals surface area contributed by atoms with Crippen molar-refractivity contribution in [3.63, 3.8) is 0 Å². The third kappa shape index (κ3) is 3.11. The van der Waals surface area contributed by atoms with Crippen molar-refractivity contribution < 1.29 is 14.4 Å². The van der Waals surface area contributed by atoms with Gasteiger partial charge < -0.3 is 16.0 Å². The number of carbonyl (C=O) groups excluding carboxylic acids is 3. The Morgan fingerprint density at radius 2 is 2.00 bits per heavy atom. The highest BCUT2D eigenvalue weighted by atomic mass is 16.2. The van der Waals surface area contributed by atoms with Crippen LogP contribution in [0.15, 0.2) is 24.3 Å².